The van der Waals surface area contributed by atoms with Crippen molar-refractivity contribution in [2.75, 3.05) is 0 Å². The first-order valence-corrected chi connectivity index (χ1v) is 7.34. The summed E-state index contributed by atoms with van der Waals surface area (Å²) < 4.78 is 26.1. The molecule has 0 spiro atoms. The Bertz CT molecular complexity index is 484. The fourth-order valence-corrected chi connectivity index (χ4v) is 3.04. The maximum atomic E-state index is 11.8. The van der Waals surface area contributed by atoms with E-state index in [2.05, 4.69) is 4.72 Å². The van der Waals surface area contributed by atoms with Crippen molar-refractivity contribution in [3.63, 3.8) is 0 Å². The molecule has 0 bridgehead atoms. The summed E-state index contributed by atoms with van der Waals surface area (Å²) in [6.07, 6.45) is 0.241. The zero-order chi connectivity index (χ0) is 13.6. The Labute approximate surface area is 107 Å². The van der Waals surface area contributed by atoms with Gasteiger partial charge in [-0.1, -0.05) is 37.3 Å². The van der Waals surface area contributed by atoms with Gasteiger partial charge in [-0.05, 0) is 12.0 Å². The average Bonchev–Trinajstić information content (AvgIpc) is 2.27. The third-order valence-electron chi connectivity index (χ3n) is 2.46. The molecule has 0 saturated heterocycles. The Morgan fingerprint density at radius 3 is 2.44 bits per heavy atom. The van der Waals surface area contributed by atoms with E-state index >= 15 is 0 Å². The van der Waals surface area contributed by atoms with Crippen LogP contribution in [0.25, 0.3) is 0 Å². The van der Waals surface area contributed by atoms with Crippen LogP contribution in [0.2, 0.25) is 0 Å². The summed E-state index contributed by atoms with van der Waals surface area (Å²) in [6.45, 7) is 1.75. The number of hydrogen-bond donors (Lipinski definition) is 2. The van der Waals surface area contributed by atoms with Crippen LogP contribution in [-0.4, -0.2) is 25.5 Å². The van der Waals surface area contributed by atoms with Gasteiger partial charge in [0.05, 0.1) is 12.2 Å². The van der Waals surface area contributed by atoms with E-state index in [1.54, 1.807) is 31.2 Å². The molecule has 1 rings (SSSR count). The molecule has 6 heteroatoms. The number of carboxylic acid groups (broad SMARTS) is 1. The Kier molecular flexibility index (Phi) is 5.30. The Balaban J connectivity index is 2.66. The second-order valence-corrected chi connectivity index (χ2v) is 5.82. The van der Waals surface area contributed by atoms with Crippen molar-refractivity contribution in [1.29, 1.82) is 0 Å². The molecule has 1 aromatic carbocycles. The molecular weight excluding hydrogens is 254 g/mol. The molecule has 1 atom stereocenters. The highest BCUT2D eigenvalue weighted by Crippen LogP contribution is 2.07. The number of nitrogens with one attached hydrogen (secondary N) is 1. The highest BCUT2D eigenvalue weighted by atomic mass is 32.2. The zero-order valence-electron chi connectivity index (χ0n) is 10.2. The van der Waals surface area contributed by atoms with Gasteiger partial charge in [0.1, 0.15) is 0 Å². The van der Waals surface area contributed by atoms with E-state index in [0.717, 1.165) is 0 Å². The molecule has 1 unspecified atom stereocenters. The summed E-state index contributed by atoms with van der Waals surface area (Å²) in [7, 11) is -3.50. The molecule has 0 radical (unpaired) electrons. The number of rotatable bonds is 7. The van der Waals surface area contributed by atoms with Gasteiger partial charge in [-0.25, -0.2) is 13.1 Å². The second-order valence-electron chi connectivity index (χ2n) is 4.07. The fourth-order valence-electron chi connectivity index (χ4n) is 1.57. The maximum Gasteiger partial charge on any atom is 0.304 e. The zero-order valence-corrected chi connectivity index (χ0v) is 11.0. The van der Waals surface area contributed by atoms with Crippen LogP contribution in [-0.2, 0) is 20.6 Å². The van der Waals surface area contributed by atoms with Crippen molar-refractivity contribution in [3.05, 3.63) is 35.9 Å². The summed E-state index contributed by atoms with van der Waals surface area (Å²) in [5.74, 6) is -1.14. The average molecular weight is 271 g/mol. The van der Waals surface area contributed by atoms with Gasteiger partial charge in [0.2, 0.25) is 10.0 Å². The molecule has 18 heavy (non-hydrogen) atoms. The quantitative estimate of drug-likeness (QED) is 0.784. The molecule has 5 nitrogen and oxygen atoms in total. The topological polar surface area (TPSA) is 83.5 Å². The summed E-state index contributed by atoms with van der Waals surface area (Å²) in [4.78, 5) is 10.6. The van der Waals surface area contributed by atoms with Gasteiger partial charge in [-0.2, -0.15) is 0 Å². The maximum absolute atomic E-state index is 11.8. The molecule has 0 aliphatic carbocycles. The minimum atomic E-state index is -3.50. The molecule has 0 saturated carbocycles. The van der Waals surface area contributed by atoms with Gasteiger partial charge in [0, 0.05) is 6.04 Å². The molecule has 0 aliphatic rings. The van der Waals surface area contributed by atoms with Crippen LogP contribution in [0.15, 0.2) is 30.3 Å². The van der Waals surface area contributed by atoms with Gasteiger partial charge in [-0.3, -0.25) is 4.79 Å². The van der Waals surface area contributed by atoms with E-state index in [0.29, 0.717) is 12.0 Å². The lowest BCUT2D eigenvalue weighted by molar-refractivity contribution is -0.137. The van der Waals surface area contributed by atoms with Crippen molar-refractivity contribution >= 4 is 16.0 Å². The summed E-state index contributed by atoms with van der Waals surface area (Å²) in [6, 6.07) is 8.22. The molecule has 1 aromatic rings. The van der Waals surface area contributed by atoms with E-state index in [9.17, 15) is 13.2 Å². The third kappa shape index (κ3) is 5.29. The van der Waals surface area contributed by atoms with Crippen LogP contribution in [0.5, 0.6) is 0 Å². The van der Waals surface area contributed by atoms with Crippen molar-refractivity contribution in [2.24, 2.45) is 0 Å². The molecular formula is C12H17NO4S. The standard InChI is InChI=1S/C12H17NO4S/c1-2-11(8-12(14)15)13-18(16,17)9-10-6-4-3-5-7-10/h3-7,11,13H,2,8-9H2,1H3,(H,14,15). The fraction of sp³-hybridized carbons (Fsp3) is 0.417. The minimum absolute atomic E-state index is 0.135. The first kappa shape index (κ1) is 14.7. The number of benzene rings is 1. The largest absolute Gasteiger partial charge is 0.481 e. The number of carboxylic acids is 1. The molecule has 0 fully saturated rings. The van der Waals surface area contributed by atoms with Crippen LogP contribution in [0, 0.1) is 0 Å². The Hall–Kier alpha value is -1.40. The highest BCUT2D eigenvalue weighted by Gasteiger charge is 2.19. The third-order valence-corrected chi connectivity index (χ3v) is 3.87. The summed E-state index contributed by atoms with van der Waals surface area (Å²) in [5.41, 5.74) is 0.676. The first-order valence-electron chi connectivity index (χ1n) is 5.68. The Morgan fingerprint density at radius 1 is 1.33 bits per heavy atom. The lowest BCUT2D eigenvalue weighted by Gasteiger charge is -2.15. The van der Waals surface area contributed by atoms with E-state index < -0.39 is 22.0 Å². The highest BCUT2D eigenvalue weighted by molar-refractivity contribution is 7.88. The molecule has 0 amide bonds. The van der Waals surface area contributed by atoms with Crippen molar-refractivity contribution in [2.45, 2.75) is 31.6 Å². The number of hydrogen-bond acceptors (Lipinski definition) is 3. The second kappa shape index (κ2) is 6.51. The predicted molar refractivity (Wildman–Crippen MR) is 68.5 cm³/mol. The van der Waals surface area contributed by atoms with E-state index in [1.807, 2.05) is 6.07 Å². The SMILES string of the molecule is CCC(CC(=O)O)NS(=O)(=O)Cc1ccccc1. The minimum Gasteiger partial charge on any atom is -0.481 e. The van der Waals surface area contributed by atoms with Crippen LogP contribution < -0.4 is 4.72 Å². The summed E-state index contributed by atoms with van der Waals surface area (Å²) >= 11 is 0. The molecule has 0 heterocycles. The summed E-state index contributed by atoms with van der Waals surface area (Å²) in [5, 5.41) is 8.67. The monoisotopic (exact) mass is 271 g/mol. The van der Waals surface area contributed by atoms with E-state index in [4.69, 9.17) is 5.11 Å². The van der Waals surface area contributed by atoms with Gasteiger partial charge in [0.25, 0.3) is 0 Å². The van der Waals surface area contributed by atoms with Crippen molar-refractivity contribution in [1.82, 2.24) is 4.72 Å². The van der Waals surface area contributed by atoms with Gasteiger partial charge in [-0.15, -0.1) is 0 Å². The van der Waals surface area contributed by atoms with E-state index in [1.165, 1.54) is 0 Å². The van der Waals surface area contributed by atoms with Gasteiger partial charge in [0.15, 0.2) is 0 Å². The number of sulfonamides is 1. The van der Waals surface area contributed by atoms with Crippen molar-refractivity contribution < 1.29 is 18.3 Å². The molecule has 100 valence electrons. The van der Waals surface area contributed by atoms with Crippen molar-refractivity contribution in [3.8, 4) is 0 Å². The number of aliphatic carboxylic acids is 1. The van der Waals surface area contributed by atoms with Crippen LogP contribution in [0.3, 0.4) is 0 Å². The first-order chi connectivity index (χ1) is 8.43. The number of carbonyl (C=O) groups is 1. The predicted octanol–water partition coefficient (Wildman–Crippen LogP) is 1.36. The Morgan fingerprint density at radius 2 is 1.94 bits per heavy atom. The smallest absolute Gasteiger partial charge is 0.304 e. The van der Waals surface area contributed by atoms with Gasteiger partial charge < -0.3 is 5.11 Å². The van der Waals surface area contributed by atoms with Gasteiger partial charge >= 0.3 is 5.97 Å². The van der Waals surface area contributed by atoms with Crippen LogP contribution >= 0.6 is 0 Å². The normalized spacial score (nSPS) is 13.2. The van der Waals surface area contributed by atoms with Crippen LogP contribution in [0.1, 0.15) is 25.3 Å². The lowest BCUT2D eigenvalue weighted by Crippen LogP contribution is -2.36. The lowest BCUT2D eigenvalue weighted by atomic mass is 10.2. The van der Waals surface area contributed by atoms with E-state index in [-0.39, 0.29) is 12.2 Å². The molecule has 0 aliphatic heterocycles. The van der Waals surface area contributed by atoms with Crippen LogP contribution in [0.4, 0.5) is 0 Å². The molecule has 0 aromatic heterocycles. The molecule has 2 N–H and O–H groups in total.